The molecule has 5 nitrogen and oxygen atoms in total. The molecule has 130 valence electrons. The molecule has 0 amide bonds. The van der Waals surface area contributed by atoms with Crippen LogP contribution < -0.4 is 5.56 Å². The average molecular weight is 386 g/mol. The number of aryl methyl sites for hydroxylation is 1. The van der Waals surface area contributed by atoms with Crippen LogP contribution in [-0.4, -0.2) is 14.5 Å². The van der Waals surface area contributed by atoms with E-state index in [0.29, 0.717) is 38.3 Å². The van der Waals surface area contributed by atoms with Crippen LogP contribution in [0.15, 0.2) is 58.0 Å². The van der Waals surface area contributed by atoms with Crippen LogP contribution in [-0.2, 0) is 6.54 Å². The number of oxazole rings is 1. The number of rotatable bonds is 3. The zero-order valence-electron chi connectivity index (χ0n) is 13.7. The van der Waals surface area contributed by atoms with Crippen LogP contribution >= 0.6 is 23.2 Å². The van der Waals surface area contributed by atoms with Crippen LogP contribution in [0.2, 0.25) is 10.0 Å². The Kier molecular flexibility index (Phi) is 4.26. The fourth-order valence-electron chi connectivity index (χ4n) is 2.75. The van der Waals surface area contributed by atoms with Gasteiger partial charge in [-0.15, -0.1) is 0 Å². The molecular weight excluding hydrogens is 373 g/mol. The first-order valence-electron chi connectivity index (χ1n) is 7.89. The summed E-state index contributed by atoms with van der Waals surface area (Å²) in [5.74, 6) is 1.17. The molecule has 0 saturated heterocycles. The number of halogens is 2. The maximum atomic E-state index is 12.8. The fourth-order valence-corrected chi connectivity index (χ4v) is 3.29. The molecule has 4 rings (SSSR count). The van der Waals surface area contributed by atoms with Gasteiger partial charge in [0.25, 0.3) is 5.56 Å². The third-order valence-corrected chi connectivity index (χ3v) is 4.59. The second-order valence-electron chi connectivity index (χ2n) is 5.85. The summed E-state index contributed by atoms with van der Waals surface area (Å²) in [7, 11) is 0. The zero-order chi connectivity index (χ0) is 18.3. The van der Waals surface area contributed by atoms with E-state index in [1.807, 2.05) is 37.3 Å². The smallest absolute Gasteiger partial charge is 0.261 e. The van der Waals surface area contributed by atoms with E-state index in [9.17, 15) is 4.79 Å². The van der Waals surface area contributed by atoms with Gasteiger partial charge in [-0.25, -0.2) is 9.97 Å². The third-order valence-electron chi connectivity index (χ3n) is 4.08. The van der Waals surface area contributed by atoms with Crippen LogP contribution in [0.3, 0.4) is 0 Å². The van der Waals surface area contributed by atoms with Crippen molar-refractivity contribution < 1.29 is 4.42 Å². The molecule has 0 radical (unpaired) electrons. The van der Waals surface area contributed by atoms with Crippen molar-refractivity contribution in [2.75, 3.05) is 0 Å². The SMILES string of the molecule is Cc1oc(-c2ccccc2)nc1Cn1cnc2c(Cl)cc(Cl)cc2c1=O. The van der Waals surface area contributed by atoms with Gasteiger partial charge in [-0.1, -0.05) is 41.4 Å². The first-order chi connectivity index (χ1) is 12.5. The molecule has 4 aromatic rings. The maximum Gasteiger partial charge on any atom is 0.261 e. The van der Waals surface area contributed by atoms with E-state index in [4.69, 9.17) is 27.6 Å². The molecule has 0 fully saturated rings. The maximum absolute atomic E-state index is 12.8. The van der Waals surface area contributed by atoms with Gasteiger partial charge in [0.2, 0.25) is 5.89 Å². The van der Waals surface area contributed by atoms with Crippen molar-refractivity contribution in [3.05, 3.63) is 80.6 Å². The lowest BCUT2D eigenvalue weighted by atomic mass is 10.2. The van der Waals surface area contributed by atoms with Crippen molar-refractivity contribution in [2.45, 2.75) is 13.5 Å². The molecule has 0 bridgehead atoms. The predicted octanol–water partition coefficient (Wildman–Crippen LogP) is 4.72. The van der Waals surface area contributed by atoms with Gasteiger partial charge in [0.1, 0.15) is 11.5 Å². The predicted molar refractivity (Wildman–Crippen MR) is 102 cm³/mol. The molecule has 2 aromatic heterocycles. The van der Waals surface area contributed by atoms with Crippen molar-refractivity contribution in [3.8, 4) is 11.5 Å². The number of nitrogens with zero attached hydrogens (tertiary/aromatic N) is 3. The zero-order valence-corrected chi connectivity index (χ0v) is 15.3. The second-order valence-corrected chi connectivity index (χ2v) is 6.69. The first-order valence-corrected chi connectivity index (χ1v) is 8.64. The highest BCUT2D eigenvalue weighted by atomic mass is 35.5. The molecule has 26 heavy (non-hydrogen) atoms. The van der Waals surface area contributed by atoms with Crippen LogP contribution in [0.1, 0.15) is 11.5 Å². The topological polar surface area (TPSA) is 60.9 Å². The summed E-state index contributed by atoms with van der Waals surface area (Å²) in [5.41, 5.74) is 1.74. The minimum Gasteiger partial charge on any atom is -0.441 e. The van der Waals surface area contributed by atoms with Crippen molar-refractivity contribution >= 4 is 34.1 Å². The normalized spacial score (nSPS) is 11.2. The summed E-state index contributed by atoms with van der Waals surface area (Å²) in [6.07, 6.45) is 1.46. The van der Waals surface area contributed by atoms with Gasteiger partial charge >= 0.3 is 0 Å². The molecule has 0 spiro atoms. The van der Waals surface area contributed by atoms with Crippen molar-refractivity contribution in [3.63, 3.8) is 0 Å². The summed E-state index contributed by atoms with van der Waals surface area (Å²) in [6.45, 7) is 2.07. The first kappa shape index (κ1) is 16.8. The minimum absolute atomic E-state index is 0.233. The molecule has 0 aliphatic rings. The van der Waals surface area contributed by atoms with E-state index >= 15 is 0 Å². The largest absolute Gasteiger partial charge is 0.441 e. The highest BCUT2D eigenvalue weighted by Gasteiger charge is 2.14. The van der Waals surface area contributed by atoms with E-state index in [1.54, 1.807) is 12.1 Å². The lowest BCUT2D eigenvalue weighted by Crippen LogP contribution is -2.21. The molecule has 0 aliphatic heterocycles. The Morgan fingerprint density at radius 2 is 1.92 bits per heavy atom. The Balaban J connectivity index is 1.75. The Morgan fingerprint density at radius 3 is 2.69 bits per heavy atom. The van der Waals surface area contributed by atoms with Crippen LogP contribution in [0, 0.1) is 6.92 Å². The van der Waals surface area contributed by atoms with Crippen LogP contribution in [0.4, 0.5) is 0 Å². The van der Waals surface area contributed by atoms with Crippen molar-refractivity contribution in [1.82, 2.24) is 14.5 Å². The van der Waals surface area contributed by atoms with Crippen LogP contribution in [0.5, 0.6) is 0 Å². The molecule has 0 N–H and O–H groups in total. The summed E-state index contributed by atoms with van der Waals surface area (Å²) < 4.78 is 7.22. The summed E-state index contributed by atoms with van der Waals surface area (Å²) in [4.78, 5) is 21.6. The van der Waals surface area contributed by atoms with Gasteiger partial charge in [0.15, 0.2) is 0 Å². The fraction of sp³-hybridized carbons (Fsp3) is 0.105. The van der Waals surface area contributed by atoms with Gasteiger partial charge in [-0.3, -0.25) is 9.36 Å². The molecule has 0 atom stereocenters. The molecule has 7 heteroatoms. The highest BCUT2D eigenvalue weighted by molar-refractivity contribution is 6.38. The highest BCUT2D eigenvalue weighted by Crippen LogP contribution is 2.25. The molecular formula is C19H13Cl2N3O2. The lowest BCUT2D eigenvalue weighted by Gasteiger charge is -2.06. The minimum atomic E-state index is -0.233. The van der Waals surface area contributed by atoms with Gasteiger partial charge in [-0.05, 0) is 31.2 Å². The number of aromatic nitrogens is 3. The van der Waals surface area contributed by atoms with E-state index in [1.165, 1.54) is 10.9 Å². The van der Waals surface area contributed by atoms with Crippen molar-refractivity contribution in [1.29, 1.82) is 0 Å². The number of hydrogen-bond donors (Lipinski definition) is 0. The molecule has 0 aliphatic carbocycles. The molecule has 2 heterocycles. The second kappa shape index (κ2) is 6.59. The van der Waals surface area contributed by atoms with Gasteiger partial charge < -0.3 is 4.42 Å². The number of benzene rings is 2. The van der Waals surface area contributed by atoms with Crippen LogP contribution in [0.25, 0.3) is 22.4 Å². The van der Waals surface area contributed by atoms with E-state index < -0.39 is 0 Å². The standard InChI is InChI=1S/C19H13Cl2N3O2/c1-11-16(23-18(26-11)12-5-3-2-4-6-12)9-24-10-22-17-14(19(24)25)7-13(20)8-15(17)21/h2-8,10H,9H2,1H3. The van der Waals surface area contributed by atoms with Gasteiger partial charge in [0.05, 0.1) is 28.8 Å². The number of fused-ring (bicyclic) bond motifs is 1. The molecule has 0 unspecified atom stereocenters. The van der Waals surface area contributed by atoms with Gasteiger partial charge in [-0.2, -0.15) is 0 Å². The Labute approximate surface area is 158 Å². The summed E-state index contributed by atoms with van der Waals surface area (Å²) in [5, 5.41) is 1.11. The Morgan fingerprint density at radius 1 is 1.15 bits per heavy atom. The van der Waals surface area contributed by atoms with E-state index in [-0.39, 0.29) is 12.1 Å². The Bertz CT molecular complexity index is 1170. The molecule has 2 aromatic carbocycles. The van der Waals surface area contributed by atoms with E-state index in [0.717, 1.165) is 5.56 Å². The average Bonchev–Trinajstić information content (AvgIpc) is 2.99. The van der Waals surface area contributed by atoms with Gasteiger partial charge in [0, 0.05) is 10.6 Å². The molecule has 0 saturated carbocycles. The third kappa shape index (κ3) is 3.00. The lowest BCUT2D eigenvalue weighted by molar-refractivity contribution is 0.537. The quantitative estimate of drug-likeness (QED) is 0.512. The summed E-state index contributed by atoms with van der Waals surface area (Å²) in [6, 6.07) is 12.7. The number of hydrogen-bond acceptors (Lipinski definition) is 4. The Hall–Kier alpha value is -2.63. The monoisotopic (exact) mass is 385 g/mol. The summed E-state index contributed by atoms with van der Waals surface area (Å²) >= 11 is 12.1. The van der Waals surface area contributed by atoms with Crippen molar-refractivity contribution in [2.24, 2.45) is 0 Å². The van der Waals surface area contributed by atoms with E-state index in [2.05, 4.69) is 9.97 Å².